The zero-order valence-corrected chi connectivity index (χ0v) is 18.0. The van der Waals surface area contributed by atoms with Crippen LogP contribution >= 0.6 is 12.4 Å². The number of phenolic OH excluding ortho intramolecular Hbond substituents is 1. The first-order valence-corrected chi connectivity index (χ1v) is 9.30. The van der Waals surface area contributed by atoms with Crippen molar-refractivity contribution in [3.05, 3.63) is 47.3 Å². The summed E-state index contributed by atoms with van der Waals surface area (Å²) in [5.74, 6) is -0.195. The van der Waals surface area contributed by atoms with Gasteiger partial charge in [0.1, 0.15) is 24.1 Å². The molecule has 9 heteroatoms. The number of carbonyl (C=O) groups excluding carboxylic acids is 1. The number of nitrogens with one attached hydrogen (secondary N) is 1. The van der Waals surface area contributed by atoms with Crippen molar-refractivity contribution < 1.29 is 33.4 Å². The minimum absolute atomic E-state index is 0. The minimum atomic E-state index is -0.913. The van der Waals surface area contributed by atoms with E-state index in [1.165, 1.54) is 25.3 Å². The summed E-state index contributed by atoms with van der Waals surface area (Å²) in [4.78, 5) is 11.5. The van der Waals surface area contributed by atoms with E-state index in [1.807, 2.05) is 14.1 Å². The Morgan fingerprint density at radius 2 is 2.03 bits per heavy atom. The van der Waals surface area contributed by atoms with Crippen LogP contribution in [0.25, 0.3) is 0 Å². The number of phenols is 1. The van der Waals surface area contributed by atoms with Gasteiger partial charge in [-0.05, 0) is 23.8 Å². The molecule has 0 saturated heterocycles. The van der Waals surface area contributed by atoms with Crippen molar-refractivity contribution in [3.8, 4) is 17.2 Å². The van der Waals surface area contributed by atoms with Gasteiger partial charge in [0.2, 0.25) is 0 Å². The number of ether oxygens (including phenoxy) is 2. The lowest BCUT2D eigenvalue weighted by Gasteiger charge is -2.33. The second-order valence-corrected chi connectivity index (χ2v) is 7.83. The van der Waals surface area contributed by atoms with Crippen molar-refractivity contribution in [3.63, 3.8) is 0 Å². The van der Waals surface area contributed by atoms with Gasteiger partial charge in [-0.25, -0.2) is 4.39 Å². The number of methoxy groups -OCH3 is 1. The number of carbonyl (C=O) groups is 1. The van der Waals surface area contributed by atoms with E-state index in [0.29, 0.717) is 41.0 Å². The highest BCUT2D eigenvalue weighted by Gasteiger charge is 2.28. The second kappa shape index (κ2) is 9.51. The summed E-state index contributed by atoms with van der Waals surface area (Å²) < 4.78 is 24.6. The summed E-state index contributed by atoms with van der Waals surface area (Å²) >= 11 is 0. The Bertz CT molecular complexity index is 923. The predicted octanol–water partition coefficient (Wildman–Crippen LogP) is 2.65. The summed E-state index contributed by atoms with van der Waals surface area (Å²) in [7, 11) is 5.38. The van der Waals surface area contributed by atoms with Crippen molar-refractivity contribution in [2.24, 2.45) is 0 Å². The van der Waals surface area contributed by atoms with Gasteiger partial charge < -0.3 is 29.5 Å². The number of likely N-dealkylation sites (N-methyl/N-ethyl adjacent to an activating group) is 1. The number of aliphatic hydroxyl groups excluding tert-OH is 1. The summed E-state index contributed by atoms with van der Waals surface area (Å²) in [6.45, 7) is 0.901. The second-order valence-electron chi connectivity index (χ2n) is 7.83. The Labute approximate surface area is 181 Å². The molecule has 0 aliphatic carbocycles. The molecule has 2 aromatic carbocycles. The van der Waals surface area contributed by atoms with E-state index in [1.54, 1.807) is 12.1 Å². The van der Waals surface area contributed by atoms with Crippen LogP contribution in [0.2, 0.25) is 0 Å². The molecule has 0 bridgehead atoms. The Kier molecular flexibility index (Phi) is 7.52. The first-order chi connectivity index (χ1) is 13.7. The number of benzene rings is 2. The standard InChI is InChI=1S/C21H25FN2O5.ClH/c1-24(2,7-6-13-4-5-16(22)19(8-13)28-3)11-18(26)15-9-14(25)10-17-21(15)29-12-20(27)23-17;/h4-5,8-10,18,26H,6-7,11-12H2,1-3H3,(H-,23,25,27);1H/p+1. The number of amides is 1. The fourth-order valence-electron chi connectivity index (χ4n) is 3.41. The normalized spacial score (nSPS) is 14.1. The largest absolute Gasteiger partial charge is 0.508 e. The predicted molar refractivity (Wildman–Crippen MR) is 113 cm³/mol. The number of nitrogens with zero attached hydrogens (tertiary/aromatic N) is 1. The molecule has 0 saturated carbocycles. The van der Waals surface area contributed by atoms with Crippen LogP contribution in [0.1, 0.15) is 17.2 Å². The van der Waals surface area contributed by atoms with Gasteiger partial charge in [-0.15, -0.1) is 12.4 Å². The van der Waals surface area contributed by atoms with E-state index in [-0.39, 0.29) is 36.4 Å². The number of anilines is 1. The molecule has 1 unspecified atom stereocenters. The van der Waals surface area contributed by atoms with E-state index in [0.717, 1.165) is 5.56 Å². The lowest BCUT2D eigenvalue weighted by Crippen LogP contribution is -2.44. The van der Waals surface area contributed by atoms with E-state index in [4.69, 9.17) is 9.47 Å². The molecule has 7 nitrogen and oxygen atoms in total. The molecule has 0 fully saturated rings. The monoisotopic (exact) mass is 441 g/mol. The fourth-order valence-corrected chi connectivity index (χ4v) is 3.41. The van der Waals surface area contributed by atoms with Crippen molar-refractivity contribution in [1.82, 2.24) is 0 Å². The topological polar surface area (TPSA) is 88.0 Å². The summed E-state index contributed by atoms with van der Waals surface area (Å²) in [5, 5.41) is 23.4. The number of fused-ring (bicyclic) bond motifs is 1. The molecule has 1 aliphatic rings. The molecule has 3 rings (SSSR count). The number of rotatable bonds is 7. The Hall–Kier alpha value is -2.55. The first kappa shape index (κ1) is 23.7. The van der Waals surface area contributed by atoms with Crippen LogP contribution in [0.4, 0.5) is 10.1 Å². The number of aromatic hydroxyl groups is 1. The number of aliphatic hydroxyl groups is 1. The highest BCUT2D eigenvalue weighted by Crippen LogP contribution is 2.39. The van der Waals surface area contributed by atoms with E-state index >= 15 is 0 Å². The molecule has 0 aromatic heterocycles. The number of quaternary nitrogens is 1. The molecule has 164 valence electrons. The molecule has 0 spiro atoms. The molecule has 1 heterocycles. The lowest BCUT2D eigenvalue weighted by molar-refractivity contribution is -0.893. The smallest absolute Gasteiger partial charge is 0.262 e. The van der Waals surface area contributed by atoms with Gasteiger partial charge >= 0.3 is 0 Å². The fraction of sp³-hybridized carbons (Fsp3) is 0.381. The van der Waals surface area contributed by atoms with Gasteiger partial charge in [-0.2, -0.15) is 0 Å². The van der Waals surface area contributed by atoms with Crippen LogP contribution in [0.3, 0.4) is 0 Å². The number of hydrogen-bond donors (Lipinski definition) is 3. The van der Waals surface area contributed by atoms with E-state index in [2.05, 4.69) is 5.32 Å². The first-order valence-electron chi connectivity index (χ1n) is 9.30. The maximum Gasteiger partial charge on any atom is 0.262 e. The van der Waals surface area contributed by atoms with Crippen LogP contribution in [0.15, 0.2) is 30.3 Å². The molecule has 3 N–H and O–H groups in total. The highest BCUT2D eigenvalue weighted by molar-refractivity contribution is 5.96. The van der Waals surface area contributed by atoms with Crippen LogP contribution in [-0.2, 0) is 11.2 Å². The van der Waals surface area contributed by atoms with Crippen molar-refractivity contribution in [2.75, 3.05) is 46.2 Å². The van der Waals surface area contributed by atoms with Gasteiger partial charge in [-0.3, -0.25) is 4.79 Å². The van der Waals surface area contributed by atoms with Crippen LogP contribution < -0.4 is 14.8 Å². The summed E-state index contributed by atoms with van der Waals surface area (Å²) in [6.07, 6.45) is -0.246. The SMILES string of the molecule is COc1cc(CC[N+](C)(C)CC(O)c2cc(O)cc3c2OCC(=O)N3)ccc1F.Cl. The van der Waals surface area contributed by atoms with Crippen molar-refractivity contribution in [1.29, 1.82) is 0 Å². The number of halogens is 2. The molecule has 30 heavy (non-hydrogen) atoms. The molecule has 1 amide bonds. The van der Waals surface area contributed by atoms with Crippen LogP contribution in [0, 0.1) is 5.82 Å². The van der Waals surface area contributed by atoms with Gasteiger partial charge in [0, 0.05) is 18.1 Å². The maximum atomic E-state index is 13.6. The zero-order valence-electron chi connectivity index (χ0n) is 17.1. The molecular formula is C21H27ClFN2O5+. The molecule has 1 aliphatic heterocycles. The summed E-state index contributed by atoms with van der Waals surface area (Å²) in [6, 6.07) is 7.62. The average Bonchev–Trinajstić information content (AvgIpc) is 2.66. The third-order valence-corrected chi connectivity index (χ3v) is 4.97. The van der Waals surface area contributed by atoms with Gasteiger partial charge in [0.05, 0.1) is 33.4 Å². The Morgan fingerprint density at radius 1 is 1.30 bits per heavy atom. The van der Waals surface area contributed by atoms with Gasteiger partial charge in [0.25, 0.3) is 5.91 Å². The van der Waals surface area contributed by atoms with Crippen LogP contribution in [-0.4, -0.2) is 61.5 Å². The summed E-state index contributed by atoms with van der Waals surface area (Å²) in [5.41, 5.74) is 1.71. The molecule has 1 atom stereocenters. The third-order valence-electron chi connectivity index (χ3n) is 4.97. The van der Waals surface area contributed by atoms with E-state index < -0.39 is 11.9 Å². The van der Waals surface area contributed by atoms with Gasteiger partial charge in [0.15, 0.2) is 18.2 Å². The quantitative estimate of drug-likeness (QED) is 0.575. The number of hydrogen-bond acceptors (Lipinski definition) is 5. The Morgan fingerprint density at radius 3 is 2.73 bits per heavy atom. The molecule has 2 aromatic rings. The van der Waals surface area contributed by atoms with Gasteiger partial charge in [-0.1, -0.05) is 6.07 Å². The molecular weight excluding hydrogens is 415 g/mol. The minimum Gasteiger partial charge on any atom is -0.508 e. The molecule has 0 radical (unpaired) electrons. The lowest BCUT2D eigenvalue weighted by atomic mass is 10.0. The van der Waals surface area contributed by atoms with Crippen molar-refractivity contribution >= 4 is 24.0 Å². The van der Waals surface area contributed by atoms with Crippen LogP contribution in [0.5, 0.6) is 17.2 Å². The average molecular weight is 442 g/mol. The zero-order chi connectivity index (χ0) is 21.2. The highest BCUT2D eigenvalue weighted by atomic mass is 35.5. The maximum absolute atomic E-state index is 13.6. The van der Waals surface area contributed by atoms with E-state index in [9.17, 15) is 19.4 Å². The van der Waals surface area contributed by atoms with Crippen molar-refractivity contribution in [2.45, 2.75) is 12.5 Å². The Balaban J connectivity index is 0.00000320. The third kappa shape index (κ3) is 5.53.